The lowest BCUT2D eigenvalue weighted by atomic mass is 10.1. The largest absolute Gasteiger partial charge is 0.333 e. The number of nitrogens with one attached hydrogen (secondary N) is 2. The molecule has 1 heterocycles. The van der Waals surface area contributed by atoms with Crippen LogP contribution in [0.5, 0.6) is 0 Å². The summed E-state index contributed by atoms with van der Waals surface area (Å²) in [5, 5.41) is 5.50. The molecule has 0 aliphatic carbocycles. The molecule has 1 aromatic rings. The summed E-state index contributed by atoms with van der Waals surface area (Å²) in [6.45, 7) is 6.84. The van der Waals surface area contributed by atoms with Crippen LogP contribution in [0.3, 0.4) is 0 Å². The molecule has 1 fully saturated rings. The zero-order chi connectivity index (χ0) is 17.8. The highest BCUT2D eigenvalue weighted by Gasteiger charge is 2.25. The summed E-state index contributed by atoms with van der Waals surface area (Å²) in [6.07, 6.45) is 3.98. The molecule has 1 saturated heterocycles. The summed E-state index contributed by atoms with van der Waals surface area (Å²) >= 11 is 0. The van der Waals surface area contributed by atoms with Crippen molar-refractivity contribution >= 4 is 21.7 Å². The van der Waals surface area contributed by atoms with E-state index >= 15 is 0 Å². The van der Waals surface area contributed by atoms with E-state index in [-0.39, 0.29) is 16.5 Å². The molecule has 1 aliphatic heterocycles. The van der Waals surface area contributed by atoms with Gasteiger partial charge >= 0.3 is 6.03 Å². The maximum absolute atomic E-state index is 12.7. The van der Waals surface area contributed by atoms with Gasteiger partial charge in [0, 0.05) is 24.3 Å². The predicted molar refractivity (Wildman–Crippen MR) is 95.6 cm³/mol. The summed E-state index contributed by atoms with van der Waals surface area (Å²) in [7, 11) is -3.45. The van der Waals surface area contributed by atoms with Crippen LogP contribution in [0.25, 0.3) is 0 Å². The molecule has 2 amide bonds. The van der Waals surface area contributed by atoms with Gasteiger partial charge in [0.25, 0.3) is 0 Å². The second-order valence-corrected chi connectivity index (χ2v) is 9.11. The monoisotopic (exact) mass is 353 g/mol. The van der Waals surface area contributed by atoms with E-state index < -0.39 is 10.0 Å². The minimum absolute atomic E-state index is 0.270. The van der Waals surface area contributed by atoms with Gasteiger partial charge in [-0.15, -0.1) is 0 Å². The number of benzene rings is 1. The van der Waals surface area contributed by atoms with Crippen LogP contribution < -0.4 is 10.6 Å². The van der Waals surface area contributed by atoms with Crippen molar-refractivity contribution in [2.24, 2.45) is 0 Å². The maximum Gasteiger partial charge on any atom is 0.319 e. The van der Waals surface area contributed by atoms with Crippen LogP contribution in [0.1, 0.15) is 46.5 Å². The fourth-order valence-electron chi connectivity index (χ4n) is 2.64. The van der Waals surface area contributed by atoms with E-state index in [0.29, 0.717) is 18.8 Å². The van der Waals surface area contributed by atoms with Crippen molar-refractivity contribution in [1.82, 2.24) is 9.62 Å². The lowest BCUT2D eigenvalue weighted by Crippen LogP contribution is -2.43. The Morgan fingerprint density at radius 2 is 1.54 bits per heavy atom. The molecule has 0 bridgehead atoms. The molecule has 6 nitrogen and oxygen atoms in total. The Morgan fingerprint density at radius 3 is 2.04 bits per heavy atom. The zero-order valence-electron chi connectivity index (χ0n) is 14.6. The number of hydrogen-bond acceptors (Lipinski definition) is 3. The molecule has 0 unspecified atom stereocenters. The SMILES string of the molecule is CC(C)(C)NC(=O)Nc1ccc(S(=O)(=O)N2CCCCCC2)cc1. The minimum atomic E-state index is -3.45. The third kappa shape index (κ3) is 5.21. The zero-order valence-corrected chi connectivity index (χ0v) is 15.4. The van der Waals surface area contributed by atoms with Crippen molar-refractivity contribution < 1.29 is 13.2 Å². The molecule has 0 radical (unpaired) electrons. The summed E-state index contributed by atoms with van der Waals surface area (Å²) in [6, 6.07) is 6.02. The van der Waals surface area contributed by atoms with Crippen molar-refractivity contribution in [3.8, 4) is 0 Å². The normalized spacial score (nSPS) is 17.1. The minimum Gasteiger partial charge on any atom is -0.333 e. The quantitative estimate of drug-likeness (QED) is 0.876. The van der Waals surface area contributed by atoms with Crippen LogP contribution in [-0.2, 0) is 10.0 Å². The number of anilines is 1. The van der Waals surface area contributed by atoms with Gasteiger partial charge in [0.1, 0.15) is 0 Å². The number of urea groups is 1. The van der Waals surface area contributed by atoms with Crippen molar-refractivity contribution in [1.29, 1.82) is 0 Å². The van der Waals surface area contributed by atoms with Gasteiger partial charge in [0.2, 0.25) is 10.0 Å². The Morgan fingerprint density at radius 1 is 1.00 bits per heavy atom. The Hall–Kier alpha value is -1.60. The first-order valence-corrected chi connectivity index (χ1v) is 9.82. The maximum atomic E-state index is 12.7. The molecule has 0 saturated carbocycles. The average Bonchev–Trinajstić information content (AvgIpc) is 2.75. The number of amides is 2. The van der Waals surface area contributed by atoms with Gasteiger partial charge in [0.15, 0.2) is 0 Å². The van der Waals surface area contributed by atoms with Gasteiger partial charge in [-0.1, -0.05) is 12.8 Å². The lowest BCUT2D eigenvalue weighted by Gasteiger charge is -2.21. The summed E-state index contributed by atoms with van der Waals surface area (Å²) < 4.78 is 26.9. The third-order valence-corrected chi connectivity index (χ3v) is 5.72. The summed E-state index contributed by atoms with van der Waals surface area (Å²) in [5.74, 6) is 0. The van der Waals surface area contributed by atoms with Gasteiger partial charge in [0.05, 0.1) is 4.90 Å². The predicted octanol–water partition coefficient (Wildman–Crippen LogP) is 3.17. The van der Waals surface area contributed by atoms with E-state index in [1.807, 2.05) is 20.8 Å². The Labute approximate surface area is 144 Å². The highest BCUT2D eigenvalue weighted by molar-refractivity contribution is 7.89. The molecule has 0 spiro atoms. The van der Waals surface area contributed by atoms with E-state index in [4.69, 9.17) is 0 Å². The number of sulfonamides is 1. The lowest BCUT2D eigenvalue weighted by molar-refractivity contribution is 0.244. The Kier molecular flexibility index (Phi) is 5.87. The first kappa shape index (κ1) is 18.7. The van der Waals surface area contributed by atoms with Crippen LogP contribution in [0.2, 0.25) is 0 Å². The third-order valence-electron chi connectivity index (χ3n) is 3.80. The smallest absolute Gasteiger partial charge is 0.319 e. The van der Waals surface area contributed by atoms with Gasteiger partial charge in [-0.3, -0.25) is 0 Å². The standard InChI is InChI=1S/C17H27N3O3S/c1-17(2,3)19-16(21)18-14-8-10-15(11-9-14)24(22,23)20-12-6-4-5-7-13-20/h8-11H,4-7,12-13H2,1-3H3,(H2,18,19,21). The average molecular weight is 353 g/mol. The van der Waals surface area contributed by atoms with E-state index in [9.17, 15) is 13.2 Å². The molecule has 0 aromatic heterocycles. The molecule has 7 heteroatoms. The topological polar surface area (TPSA) is 78.5 Å². The molecule has 1 aromatic carbocycles. The number of carbonyl (C=O) groups excluding carboxylic acids is 1. The van der Waals surface area contributed by atoms with Crippen molar-refractivity contribution in [3.63, 3.8) is 0 Å². The first-order chi connectivity index (χ1) is 11.2. The number of nitrogens with zero attached hydrogens (tertiary/aromatic N) is 1. The van der Waals surface area contributed by atoms with Crippen LogP contribution in [0.4, 0.5) is 10.5 Å². The number of carbonyl (C=O) groups is 1. The second kappa shape index (κ2) is 7.53. The fourth-order valence-corrected chi connectivity index (χ4v) is 4.16. The molecular weight excluding hydrogens is 326 g/mol. The molecular formula is C17H27N3O3S. The van der Waals surface area contributed by atoms with Crippen LogP contribution >= 0.6 is 0 Å². The van der Waals surface area contributed by atoms with Crippen molar-refractivity contribution in [2.45, 2.75) is 56.9 Å². The van der Waals surface area contributed by atoms with Gasteiger partial charge in [-0.05, 0) is 57.9 Å². The van der Waals surface area contributed by atoms with Crippen LogP contribution in [0.15, 0.2) is 29.2 Å². The van der Waals surface area contributed by atoms with Gasteiger partial charge in [-0.2, -0.15) is 4.31 Å². The van der Waals surface area contributed by atoms with E-state index in [1.54, 1.807) is 28.6 Å². The molecule has 134 valence electrons. The fraction of sp³-hybridized carbons (Fsp3) is 0.588. The van der Waals surface area contributed by atoms with Crippen LogP contribution in [0, 0.1) is 0 Å². The Balaban J connectivity index is 2.06. The number of hydrogen-bond donors (Lipinski definition) is 2. The van der Waals surface area contributed by atoms with E-state index in [2.05, 4.69) is 10.6 Å². The second-order valence-electron chi connectivity index (χ2n) is 7.17. The van der Waals surface area contributed by atoms with Crippen molar-refractivity contribution in [2.75, 3.05) is 18.4 Å². The first-order valence-electron chi connectivity index (χ1n) is 8.38. The molecule has 2 N–H and O–H groups in total. The number of rotatable bonds is 3. The van der Waals surface area contributed by atoms with Gasteiger partial charge in [-0.25, -0.2) is 13.2 Å². The highest BCUT2D eigenvalue weighted by Crippen LogP contribution is 2.21. The van der Waals surface area contributed by atoms with Crippen molar-refractivity contribution in [3.05, 3.63) is 24.3 Å². The molecule has 1 aliphatic rings. The molecule has 2 rings (SSSR count). The van der Waals surface area contributed by atoms with Gasteiger partial charge < -0.3 is 10.6 Å². The molecule has 24 heavy (non-hydrogen) atoms. The Bertz CT molecular complexity index is 655. The summed E-state index contributed by atoms with van der Waals surface area (Å²) in [4.78, 5) is 12.1. The van der Waals surface area contributed by atoms with E-state index in [1.165, 1.54) is 0 Å². The molecule has 0 atom stereocenters. The van der Waals surface area contributed by atoms with Crippen LogP contribution in [-0.4, -0.2) is 37.4 Å². The highest BCUT2D eigenvalue weighted by atomic mass is 32.2. The van der Waals surface area contributed by atoms with E-state index in [0.717, 1.165) is 25.7 Å². The summed E-state index contributed by atoms with van der Waals surface area (Å²) in [5.41, 5.74) is 0.228.